The van der Waals surface area contributed by atoms with Gasteiger partial charge in [0.2, 0.25) is 0 Å². The summed E-state index contributed by atoms with van der Waals surface area (Å²) in [6.07, 6.45) is 1.98. The van der Waals surface area contributed by atoms with Crippen molar-refractivity contribution in [1.29, 1.82) is 0 Å². The van der Waals surface area contributed by atoms with Crippen LogP contribution in [-0.2, 0) is 4.74 Å². The van der Waals surface area contributed by atoms with Gasteiger partial charge in [0.15, 0.2) is 0 Å². The van der Waals surface area contributed by atoms with E-state index in [1.165, 1.54) is 7.11 Å². The molecule has 0 amide bonds. The van der Waals surface area contributed by atoms with Crippen LogP contribution in [0.5, 0.6) is 0 Å². The van der Waals surface area contributed by atoms with Crippen LogP contribution in [-0.4, -0.2) is 19.3 Å². The van der Waals surface area contributed by atoms with Crippen molar-refractivity contribution in [2.45, 2.75) is 11.8 Å². The molecular formula is C10H11BrO2S. The van der Waals surface area contributed by atoms with Gasteiger partial charge in [0.05, 0.1) is 12.7 Å². The number of hydrogen-bond donors (Lipinski definition) is 0. The van der Waals surface area contributed by atoms with Gasteiger partial charge in [0.25, 0.3) is 0 Å². The van der Waals surface area contributed by atoms with Crippen LogP contribution in [0.4, 0.5) is 0 Å². The Balaban J connectivity index is 3.28. The first kappa shape index (κ1) is 11.6. The first-order valence-electron chi connectivity index (χ1n) is 4.03. The number of rotatable bonds is 2. The van der Waals surface area contributed by atoms with Gasteiger partial charge in [0.1, 0.15) is 0 Å². The van der Waals surface area contributed by atoms with E-state index in [1.807, 2.05) is 19.2 Å². The highest BCUT2D eigenvalue weighted by atomic mass is 79.9. The molecule has 0 aliphatic carbocycles. The van der Waals surface area contributed by atoms with E-state index in [0.717, 1.165) is 14.9 Å². The Kier molecular flexibility index (Phi) is 4.01. The highest BCUT2D eigenvalue weighted by molar-refractivity contribution is 9.10. The maximum atomic E-state index is 11.4. The normalized spacial score (nSPS) is 10.0. The fraction of sp³-hybridized carbons (Fsp3) is 0.300. The van der Waals surface area contributed by atoms with Gasteiger partial charge in [-0.05, 0) is 46.8 Å². The summed E-state index contributed by atoms with van der Waals surface area (Å²) < 4.78 is 5.70. The molecule has 0 aromatic heterocycles. The second-order valence-corrected chi connectivity index (χ2v) is 4.42. The third kappa shape index (κ3) is 2.12. The molecule has 0 atom stereocenters. The molecule has 0 fully saturated rings. The summed E-state index contributed by atoms with van der Waals surface area (Å²) in [7, 11) is 1.39. The lowest BCUT2D eigenvalue weighted by atomic mass is 10.1. The van der Waals surface area contributed by atoms with Gasteiger partial charge in [-0.25, -0.2) is 4.79 Å². The zero-order chi connectivity index (χ0) is 10.7. The standard InChI is InChI=1S/C10H11BrO2S/c1-6-7(10(12)13-2)4-5-8(11)9(6)14-3/h4-5H,1-3H3. The summed E-state index contributed by atoms with van der Waals surface area (Å²) in [5, 5.41) is 0. The number of thioether (sulfide) groups is 1. The molecule has 76 valence electrons. The van der Waals surface area contributed by atoms with E-state index in [1.54, 1.807) is 17.8 Å². The molecule has 0 aliphatic rings. The van der Waals surface area contributed by atoms with Crippen LogP contribution >= 0.6 is 27.7 Å². The molecule has 1 aromatic carbocycles. The Hall–Kier alpha value is -0.480. The summed E-state index contributed by atoms with van der Waals surface area (Å²) in [6.45, 7) is 1.92. The van der Waals surface area contributed by atoms with Crippen LogP contribution in [0.1, 0.15) is 15.9 Å². The molecule has 1 rings (SSSR count). The van der Waals surface area contributed by atoms with Gasteiger partial charge >= 0.3 is 5.97 Å². The molecule has 0 radical (unpaired) electrons. The van der Waals surface area contributed by atoms with Crippen molar-refractivity contribution in [3.8, 4) is 0 Å². The summed E-state index contributed by atoms with van der Waals surface area (Å²) in [5.41, 5.74) is 1.58. The molecule has 0 spiro atoms. The second kappa shape index (κ2) is 4.84. The van der Waals surface area contributed by atoms with Gasteiger partial charge in [-0.2, -0.15) is 0 Å². The van der Waals surface area contributed by atoms with Gasteiger partial charge in [-0.1, -0.05) is 0 Å². The molecule has 0 aliphatic heterocycles. The summed E-state index contributed by atoms with van der Waals surface area (Å²) >= 11 is 5.05. The van der Waals surface area contributed by atoms with E-state index < -0.39 is 0 Å². The Morgan fingerprint density at radius 1 is 1.50 bits per heavy atom. The van der Waals surface area contributed by atoms with E-state index in [2.05, 4.69) is 15.9 Å². The molecule has 14 heavy (non-hydrogen) atoms. The maximum absolute atomic E-state index is 11.4. The Morgan fingerprint density at radius 2 is 2.14 bits per heavy atom. The smallest absolute Gasteiger partial charge is 0.338 e. The molecule has 2 nitrogen and oxygen atoms in total. The maximum Gasteiger partial charge on any atom is 0.338 e. The lowest BCUT2D eigenvalue weighted by Gasteiger charge is -2.09. The molecule has 0 saturated carbocycles. The first-order valence-corrected chi connectivity index (χ1v) is 6.05. The van der Waals surface area contributed by atoms with E-state index >= 15 is 0 Å². The third-order valence-corrected chi connectivity index (χ3v) is 3.82. The average Bonchev–Trinajstić information content (AvgIpc) is 2.18. The van der Waals surface area contributed by atoms with Crippen LogP contribution in [0, 0.1) is 6.92 Å². The molecule has 0 heterocycles. The molecule has 1 aromatic rings. The highest BCUT2D eigenvalue weighted by Crippen LogP contribution is 2.31. The number of hydrogen-bond acceptors (Lipinski definition) is 3. The number of ether oxygens (including phenoxy) is 1. The minimum absolute atomic E-state index is 0.287. The number of carbonyl (C=O) groups is 1. The Morgan fingerprint density at radius 3 is 2.64 bits per heavy atom. The second-order valence-electron chi connectivity index (χ2n) is 2.74. The Labute approximate surface area is 96.2 Å². The number of benzene rings is 1. The number of esters is 1. The number of carbonyl (C=O) groups excluding carboxylic acids is 1. The number of methoxy groups -OCH3 is 1. The zero-order valence-corrected chi connectivity index (χ0v) is 10.7. The number of halogens is 1. The Bertz CT molecular complexity index is 363. The van der Waals surface area contributed by atoms with Gasteiger partial charge < -0.3 is 4.74 Å². The SMILES string of the molecule is COC(=O)c1ccc(Br)c(SC)c1C. The van der Waals surface area contributed by atoms with E-state index in [4.69, 9.17) is 4.74 Å². The van der Waals surface area contributed by atoms with Crippen molar-refractivity contribution in [2.24, 2.45) is 0 Å². The van der Waals surface area contributed by atoms with Crippen molar-refractivity contribution in [2.75, 3.05) is 13.4 Å². The van der Waals surface area contributed by atoms with E-state index in [0.29, 0.717) is 5.56 Å². The topological polar surface area (TPSA) is 26.3 Å². The van der Waals surface area contributed by atoms with Crippen LogP contribution in [0.2, 0.25) is 0 Å². The van der Waals surface area contributed by atoms with Crippen molar-refractivity contribution in [3.63, 3.8) is 0 Å². The molecule has 4 heteroatoms. The monoisotopic (exact) mass is 274 g/mol. The van der Waals surface area contributed by atoms with Crippen molar-refractivity contribution >= 4 is 33.7 Å². The summed E-state index contributed by atoms with van der Waals surface area (Å²) in [5.74, 6) is -0.287. The van der Waals surface area contributed by atoms with Crippen molar-refractivity contribution in [1.82, 2.24) is 0 Å². The van der Waals surface area contributed by atoms with Crippen molar-refractivity contribution in [3.05, 3.63) is 27.7 Å². The fourth-order valence-electron chi connectivity index (χ4n) is 1.24. The predicted molar refractivity (Wildman–Crippen MR) is 62.0 cm³/mol. The van der Waals surface area contributed by atoms with Gasteiger partial charge in [-0.3, -0.25) is 0 Å². The minimum atomic E-state index is -0.287. The minimum Gasteiger partial charge on any atom is -0.465 e. The average molecular weight is 275 g/mol. The molecular weight excluding hydrogens is 264 g/mol. The van der Waals surface area contributed by atoms with E-state index in [9.17, 15) is 4.79 Å². The zero-order valence-electron chi connectivity index (χ0n) is 8.26. The van der Waals surface area contributed by atoms with Crippen LogP contribution in [0.15, 0.2) is 21.5 Å². The highest BCUT2D eigenvalue weighted by Gasteiger charge is 2.13. The largest absolute Gasteiger partial charge is 0.465 e. The van der Waals surface area contributed by atoms with Gasteiger partial charge in [0, 0.05) is 9.37 Å². The molecule has 0 saturated heterocycles. The lowest BCUT2D eigenvalue weighted by Crippen LogP contribution is -2.04. The van der Waals surface area contributed by atoms with E-state index in [-0.39, 0.29) is 5.97 Å². The van der Waals surface area contributed by atoms with Crippen LogP contribution in [0.3, 0.4) is 0 Å². The summed E-state index contributed by atoms with van der Waals surface area (Å²) in [4.78, 5) is 12.4. The third-order valence-electron chi connectivity index (χ3n) is 1.97. The van der Waals surface area contributed by atoms with Crippen molar-refractivity contribution < 1.29 is 9.53 Å². The first-order chi connectivity index (χ1) is 6.61. The fourth-order valence-corrected chi connectivity index (χ4v) is 2.83. The molecule has 0 N–H and O–H groups in total. The predicted octanol–water partition coefficient (Wildman–Crippen LogP) is 3.27. The molecule has 0 unspecified atom stereocenters. The quantitative estimate of drug-likeness (QED) is 0.612. The van der Waals surface area contributed by atoms with Crippen LogP contribution < -0.4 is 0 Å². The summed E-state index contributed by atoms with van der Waals surface area (Å²) in [6, 6.07) is 3.63. The van der Waals surface area contributed by atoms with Gasteiger partial charge in [-0.15, -0.1) is 11.8 Å². The molecule has 0 bridgehead atoms. The lowest BCUT2D eigenvalue weighted by molar-refractivity contribution is 0.0599. The van der Waals surface area contributed by atoms with Crippen LogP contribution in [0.25, 0.3) is 0 Å².